The maximum absolute atomic E-state index is 13.5. The summed E-state index contributed by atoms with van der Waals surface area (Å²) in [6.07, 6.45) is 3.50. The first kappa shape index (κ1) is 9.78. The Hall–Kier alpha value is -0.760. The number of hydrogen-bond acceptors (Lipinski definition) is 1. The van der Waals surface area contributed by atoms with Crippen molar-refractivity contribution in [2.24, 2.45) is 0 Å². The monoisotopic (exact) mass is 213 g/mol. The fourth-order valence-electron chi connectivity index (χ4n) is 2.64. The van der Waals surface area contributed by atoms with E-state index in [1.807, 2.05) is 6.07 Å². The molecule has 1 aromatic rings. The average Bonchev–Trinajstić information content (AvgIpc) is 2.62. The molecule has 2 heterocycles. The van der Waals surface area contributed by atoms with Crippen LogP contribution >= 0.6 is 12.4 Å². The van der Waals surface area contributed by atoms with Gasteiger partial charge in [-0.1, -0.05) is 12.1 Å². The average molecular weight is 214 g/mol. The zero-order chi connectivity index (χ0) is 8.84. The molecule has 1 saturated heterocycles. The van der Waals surface area contributed by atoms with Crippen LogP contribution in [0.3, 0.4) is 0 Å². The highest BCUT2D eigenvalue weighted by Crippen LogP contribution is 2.39. The molecular formula is C11H13ClFN. The van der Waals surface area contributed by atoms with E-state index in [2.05, 4.69) is 11.0 Å². The van der Waals surface area contributed by atoms with Crippen LogP contribution in [-0.2, 0) is 6.42 Å². The lowest BCUT2D eigenvalue weighted by molar-refractivity contribution is 0.621. The van der Waals surface area contributed by atoms with Crippen molar-refractivity contribution in [3.8, 4) is 0 Å². The number of hydrogen-bond donors (Lipinski definition) is 0. The van der Waals surface area contributed by atoms with Gasteiger partial charge < -0.3 is 4.90 Å². The van der Waals surface area contributed by atoms with Crippen molar-refractivity contribution in [3.05, 3.63) is 29.6 Å². The Morgan fingerprint density at radius 1 is 1.36 bits per heavy atom. The Morgan fingerprint density at radius 3 is 3.07 bits per heavy atom. The summed E-state index contributed by atoms with van der Waals surface area (Å²) in [5, 5.41) is 0. The number of para-hydroxylation sites is 1. The molecule has 0 radical (unpaired) electrons. The fraction of sp³-hybridized carbons (Fsp3) is 0.455. The number of nitrogens with zero attached hydrogens (tertiary/aromatic N) is 1. The van der Waals surface area contributed by atoms with E-state index in [1.54, 1.807) is 6.07 Å². The first-order valence-corrected chi connectivity index (χ1v) is 4.90. The topological polar surface area (TPSA) is 3.24 Å². The van der Waals surface area contributed by atoms with Crippen LogP contribution < -0.4 is 4.90 Å². The molecule has 1 nitrogen and oxygen atoms in total. The summed E-state index contributed by atoms with van der Waals surface area (Å²) in [5.74, 6) is -0.0399. The molecule has 0 aromatic heterocycles. The minimum Gasteiger partial charge on any atom is -0.366 e. The van der Waals surface area contributed by atoms with E-state index in [4.69, 9.17) is 0 Å². The molecule has 0 spiro atoms. The van der Waals surface area contributed by atoms with Gasteiger partial charge in [0.15, 0.2) is 0 Å². The van der Waals surface area contributed by atoms with Gasteiger partial charge in [0, 0.05) is 12.6 Å². The standard InChI is InChI=1S/C11H12FN.ClH/c12-10-5-1-3-8-7-9-4-2-6-13(9)11(8)10;/h1,3,5,9H,2,4,6-7H2;1H. The van der Waals surface area contributed by atoms with Gasteiger partial charge in [-0.25, -0.2) is 4.39 Å². The quantitative estimate of drug-likeness (QED) is 0.641. The molecule has 0 bridgehead atoms. The van der Waals surface area contributed by atoms with Crippen LogP contribution in [0.1, 0.15) is 18.4 Å². The minimum atomic E-state index is -0.0399. The van der Waals surface area contributed by atoms with E-state index >= 15 is 0 Å². The van der Waals surface area contributed by atoms with Gasteiger partial charge in [0.05, 0.1) is 5.69 Å². The summed E-state index contributed by atoms with van der Waals surface area (Å²) >= 11 is 0. The third-order valence-corrected chi connectivity index (χ3v) is 3.19. The van der Waals surface area contributed by atoms with Gasteiger partial charge in [-0.3, -0.25) is 0 Å². The molecule has 0 N–H and O–H groups in total. The highest BCUT2D eigenvalue weighted by atomic mass is 35.5. The number of anilines is 1. The highest BCUT2D eigenvalue weighted by molar-refractivity contribution is 5.85. The Kier molecular flexibility index (Phi) is 2.40. The summed E-state index contributed by atoms with van der Waals surface area (Å²) in [6, 6.07) is 6.03. The van der Waals surface area contributed by atoms with E-state index in [9.17, 15) is 4.39 Å². The third-order valence-electron chi connectivity index (χ3n) is 3.19. The second-order valence-corrected chi connectivity index (χ2v) is 3.94. The molecule has 3 heteroatoms. The van der Waals surface area contributed by atoms with Crippen molar-refractivity contribution in [2.75, 3.05) is 11.4 Å². The van der Waals surface area contributed by atoms with Gasteiger partial charge in [0.2, 0.25) is 0 Å². The lowest BCUT2D eigenvalue weighted by atomic mass is 10.1. The van der Waals surface area contributed by atoms with Gasteiger partial charge in [-0.15, -0.1) is 12.4 Å². The van der Waals surface area contributed by atoms with E-state index in [0.717, 1.165) is 18.7 Å². The summed E-state index contributed by atoms with van der Waals surface area (Å²) in [5.41, 5.74) is 2.08. The van der Waals surface area contributed by atoms with Crippen molar-refractivity contribution in [2.45, 2.75) is 25.3 Å². The van der Waals surface area contributed by atoms with E-state index in [0.29, 0.717) is 6.04 Å². The third kappa shape index (κ3) is 1.21. The van der Waals surface area contributed by atoms with Crippen LogP contribution in [0.25, 0.3) is 0 Å². The second-order valence-electron chi connectivity index (χ2n) is 3.94. The molecule has 0 amide bonds. The molecule has 1 fully saturated rings. The smallest absolute Gasteiger partial charge is 0.146 e. The molecule has 1 atom stereocenters. The van der Waals surface area contributed by atoms with Crippen LogP contribution in [0, 0.1) is 5.82 Å². The van der Waals surface area contributed by atoms with Crippen LogP contribution in [0.4, 0.5) is 10.1 Å². The molecular weight excluding hydrogens is 201 g/mol. The molecule has 1 unspecified atom stereocenters. The number of rotatable bonds is 0. The van der Waals surface area contributed by atoms with E-state index in [-0.39, 0.29) is 18.2 Å². The number of benzene rings is 1. The molecule has 0 aliphatic carbocycles. The maximum Gasteiger partial charge on any atom is 0.146 e. The Labute approximate surface area is 89.3 Å². The molecule has 14 heavy (non-hydrogen) atoms. The highest BCUT2D eigenvalue weighted by Gasteiger charge is 2.34. The van der Waals surface area contributed by atoms with Crippen LogP contribution in [0.5, 0.6) is 0 Å². The van der Waals surface area contributed by atoms with Gasteiger partial charge in [0.25, 0.3) is 0 Å². The van der Waals surface area contributed by atoms with Crippen molar-refractivity contribution in [1.29, 1.82) is 0 Å². The van der Waals surface area contributed by atoms with Gasteiger partial charge in [-0.05, 0) is 30.9 Å². The Balaban J connectivity index is 0.000000750. The van der Waals surface area contributed by atoms with Crippen molar-refractivity contribution in [1.82, 2.24) is 0 Å². The largest absolute Gasteiger partial charge is 0.366 e. The summed E-state index contributed by atoms with van der Waals surface area (Å²) in [6.45, 7) is 1.04. The van der Waals surface area contributed by atoms with E-state index < -0.39 is 0 Å². The van der Waals surface area contributed by atoms with Crippen molar-refractivity contribution < 1.29 is 4.39 Å². The predicted molar refractivity (Wildman–Crippen MR) is 57.7 cm³/mol. The lowest BCUT2D eigenvalue weighted by Gasteiger charge is -2.18. The number of fused-ring (bicyclic) bond motifs is 3. The summed E-state index contributed by atoms with van der Waals surface area (Å²) < 4.78 is 13.5. The van der Waals surface area contributed by atoms with E-state index in [1.165, 1.54) is 18.4 Å². The predicted octanol–water partition coefficient (Wildman–Crippen LogP) is 2.77. The Bertz CT molecular complexity index is 353. The number of halogens is 2. The zero-order valence-corrected chi connectivity index (χ0v) is 8.69. The van der Waals surface area contributed by atoms with Crippen LogP contribution in [0.2, 0.25) is 0 Å². The first-order chi connectivity index (χ1) is 6.36. The second kappa shape index (κ2) is 3.43. The lowest BCUT2D eigenvalue weighted by Crippen LogP contribution is -2.24. The van der Waals surface area contributed by atoms with Crippen LogP contribution in [-0.4, -0.2) is 12.6 Å². The van der Waals surface area contributed by atoms with Crippen molar-refractivity contribution in [3.63, 3.8) is 0 Å². The zero-order valence-electron chi connectivity index (χ0n) is 7.87. The summed E-state index contributed by atoms with van der Waals surface area (Å²) in [4.78, 5) is 2.24. The molecule has 76 valence electrons. The first-order valence-electron chi connectivity index (χ1n) is 4.90. The molecule has 1 aromatic carbocycles. The molecule has 3 rings (SSSR count). The van der Waals surface area contributed by atoms with Gasteiger partial charge in [0.1, 0.15) is 5.82 Å². The van der Waals surface area contributed by atoms with Gasteiger partial charge >= 0.3 is 0 Å². The summed E-state index contributed by atoms with van der Waals surface area (Å²) in [7, 11) is 0. The molecule has 2 aliphatic rings. The SMILES string of the molecule is Cl.Fc1cccc2c1N1CCCC1C2. The molecule has 0 saturated carbocycles. The Morgan fingerprint density at radius 2 is 2.21 bits per heavy atom. The minimum absolute atomic E-state index is 0. The maximum atomic E-state index is 13.5. The fourth-order valence-corrected chi connectivity index (χ4v) is 2.64. The van der Waals surface area contributed by atoms with Crippen LogP contribution in [0.15, 0.2) is 18.2 Å². The van der Waals surface area contributed by atoms with Crippen molar-refractivity contribution >= 4 is 18.1 Å². The molecule has 2 aliphatic heterocycles. The normalized spacial score (nSPS) is 22.9. The van der Waals surface area contributed by atoms with Gasteiger partial charge in [-0.2, -0.15) is 0 Å².